The van der Waals surface area contributed by atoms with Crippen LogP contribution in [0.4, 0.5) is 8.78 Å². The molecular formula is C15H18F2N2O. The molecule has 0 N–H and O–H groups in total. The van der Waals surface area contributed by atoms with Crippen LogP contribution < -0.4 is 0 Å². The Morgan fingerprint density at radius 2 is 1.75 bits per heavy atom. The van der Waals surface area contributed by atoms with Gasteiger partial charge in [0.05, 0.1) is 0 Å². The van der Waals surface area contributed by atoms with Gasteiger partial charge in [0.1, 0.15) is 17.2 Å². The molecule has 5 heteroatoms. The third-order valence-electron chi connectivity index (χ3n) is 4.28. The molecule has 3 nitrogen and oxygen atoms in total. The van der Waals surface area contributed by atoms with E-state index in [0.717, 1.165) is 31.6 Å². The van der Waals surface area contributed by atoms with Crippen LogP contribution in [0.15, 0.2) is 18.2 Å². The van der Waals surface area contributed by atoms with E-state index >= 15 is 0 Å². The lowest BCUT2D eigenvalue weighted by atomic mass is 10.1. The van der Waals surface area contributed by atoms with Gasteiger partial charge in [-0.1, -0.05) is 6.07 Å². The lowest BCUT2D eigenvalue weighted by molar-refractivity contribution is 0.0770. The molecule has 3 rings (SSSR count). The number of hydrogen-bond donors (Lipinski definition) is 0. The van der Waals surface area contributed by atoms with Gasteiger partial charge in [0.25, 0.3) is 5.91 Å². The molecule has 20 heavy (non-hydrogen) atoms. The summed E-state index contributed by atoms with van der Waals surface area (Å²) in [5.74, 6) is -2.08. The van der Waals surface area contributed by atoms with Crippen molar-refractivity contribution >= 4 is 5.91 Å². The molecule has 2 heterocycles. The van der Waals surface area contributed by atoms with E-state index < -0.39 is 23.1 Å². The van der Waals surface area contributed by atoms with Crippen LogP contribution in [0.1, 0.15) is 29.6 Å². The van der Waals surface area contributed by atoms with Gasteiger partial charge in [-0.3, -0.25) is 9.69 Å². The number of hydrogen-bond acceptors (Lipinski definition) is 2. The molecule has 0 saturated carbocycles. The Bertz CT molecular complexity index is 494. The molecule has 0 spiro atoms. The second kappa shape index (κ2) is 5.48. The number of carbonyl (C=O) groups excluding carboxylic acids is 1. The Kier molecular flexibility index (Phi) is 3.70. The lowest BCUT2D eigenvalue weighted by Gasteiger charge is -2.23. The summed E-state index contributed by atoms with van der Waals surface area (Å²) in [6.07, 6.45) is 3.29. The topological polar surface area (TPSA) is 23.6 Å². The quantitative estimate of drug-likeness (QED) is 0.829. The molecule has 1 atom stereocenters. The van der Waals surface area contributed by atoms with Crippen LogP contribution >= 0.6 is 0 Å². The monoisotopic (exact) mass is 280 g/mol. The van der Waals surface area contributed by atoms with E-state index in [-0.39, 0.29) is 0 Å². The fourth-order valence-corrected chi connectivity index (χ4v) is 3.19. The minimum atomic E-state index is -0.778. The van der Waals surface area contributed by atoms with Gasteiger partial charge in [0, 0.05) is 19.1 Å². The second-order valence-corrected chi connectivity index (χ2v) is 5.53. The fraction of sp³-hybridized carbons (Fsp3) is 0.533. The van der Waals surface area contributed by atoms with Crippen molar-refractivity contribution in [3.63, 3.8) is 0 Å². The number of benzene rings is 1. The van der Waals surface area contributed by atoms with Gasteiger partial charge in [-0.15, -0.1) is 0 Å². The van der Waals surface area contributed by atoms with Crippen molar-refractivity contribution in [2.75, 3.05) is 26.2 Å². The van der Waals surface area contributed by atoms with Crippen LogP contribution in [-0.4, -0.2) is 47.9 Å². The predicted octanol–water partition coefficient (Wildman–Crippen LogP) is 2.28. The molecule has 1 aromatic carbocycles. The lowest BCUT2D eigenvalue weighted by Crippen LogP contribution is -2.37. The summed E-state index contributed by atoms with van der Waals surface area (Å²) in [5.41, 5.74) is -0.422. The third kappa shape index (κ3) is 2.42. The van der Waals surface area contributed by atoms with E-state index in [9.17, 15) is 13.6 Å². The van der Waals surface area contributed by atoms with Crippen molar-refractivity contribution in [2.45, 2.75) is 25.3 Å². The maximum absolute atomic E-state index is 13.7. The molecule has 0 radical (unpaired) electrons. The Morgan fingerprint density at radius 1 is 1.10 bits per heavy atom. The second-order valence-electron chi connectivity index (χ2n) is 5.53. The first-order chi connectivity index (χ1) is 9.66. The Morgan fingerprint density at radius 3 is 2.40 bits per heavy atom. The van der Waals surface area contributed by atoms with E-state index in [0.29, 0.717) is 19.1 Å². The third-order valence-corrected chi connectivity index (χ3v) is 4.28. The van der Waals surface area contributed by atoms with Crippen LogP contribution in [0.25, 0.3) is 0 Å². The number of carbonyl (C=O) groups is 1. The number of likely N-dealkylation sites (tertiary alicyclic amines) is 2. The normalized spacial score (nSPS) is 23.5. The first-order valence-corrected chi connectivity index (χ1v) is 7.14. The van der Waals surface area contributed by atoms with Crippen molar-refractivity contribution in [1.29, 1.82) is 0 Å². The van der Waals surface area contributed by atoms with Gasteiger partial charge < -0.3 is 4.90 Å². The zero-order valence-corrected chi connectivity index (χ0v) is 11.3. The molecular weight excluding hydrogens is 262 g/mol. The van der Waals surface area contributed by atoms with Crippen molar-refractivity contribution < 1.29 is 13.6 Å². The highest BCUT2D eigenvalue weighted by atomic mass is 19.1. The van der Waals surface area contributed by atoms with E-state index in [1.807, 2.05) is 0 Å². The molecule has 0 aliphatic carbocycles. The molecule has 108 valence electrons. The standard InChI is InChI=1S/C15H18F2N2O/c16-12-4-3-5-13(17)14(12)15(20)19-9-6-11(10-19)18-7-1-2-8-18/h3-5,11H,1-2,6-10H2. The van der Waals surface area contributed by atoms with E-state index in [1.54, 1.807) is 4.90 Å². The zero-order valence-electron chi connectivity index (χ0n) is 11.3. The highest BCUT2D eigenvalue weighted by Gasteiger charge is 2.33. The molecule has 2 fully saturated rings. The maximum atomic E-state index is 13.7. The Labute approximate surface area is 117 Å². The highest BCUT2D eigenvalue weighted by Crippen LogP contribution is 2.23. The molecule has 2 aliphatic rings. The van der Waals surface area contributed by atoms with Crippen LogP contribution in [0, 0.1) is 11.6 Å². The van der Waals surface area contributed by atoms with Crippen LogP contribution in [0.5, 0.6) is 0 Å². The maximum Gasteiger partial charge on any atom is 0.259 e. The largest absolute Gasteiger partial charge is 0.337 e. The van der Waals surface area contributed by atoms with Gasteiger partial charge in [-0.2, -0.15) is 0 Å². The van der Waals surface area contributed by atoms with Crippen molar-refractivity contribution in [1.82, 2.24) is 9.80 Å². The van der Waals surface area contributed by atoms with E-state index in [1.165, 1.54) is 18.9 Å². The van der Waals surface area contributed by atoms with Crippen molar-refractivity contribution in [2.24, 2.45) is 0 Å². The average Bonchev–Trinajstić information content (AvgIpc) is 3.09. The SMILES string of the molecule is O=C(c1c(F)cccc1F)N1CCC(N2CCCC2)C1. The highest BCUT2D eigenvalue weighted by molar-refractivity contribution is 5.95. The van der Waals surface area contributed by atoms with Gasteiger partial charge in [0.2, 0.25) is 0 Å². The first-order valence-electron chi connectivity index (χ1n) is 7.14. The number of amides is 1. The summed E-state index contributed by atoms with van der Waals surface area (Å²) in [6.45, 7) is 3.29. The predicted molar refractivity (Wildman–Crippen MR) is 71.5 cm³/mol. The molecule has 2 aliphatic heterocycles. The summed E-state index contributed by atoms with van der Waals surface area (Å²) in [6, 6.07) is 3.88. The average molecular weight is 280 g/mol. The molecule has 1 amide bonds. The van der Waals surface area contributed by atoms with Gasteiger partial charge in [0.15, 0.2) is 0 Å². The smallest absolute Gasteiger partial charge is 0.259 e. The molecule has 2 saturated heterocycles. The number of nitrogens with zero attached hydrogens (tertiary/aromatic N) is 2. The minimum Gasteiger partial charge on any atom is -0.337 e. The van der Waals surface area contributed by atoms with Crippen LogP contribution in [0.3, 0.4) is 0 Å². The first kappa shape index (κ1) is 13.5. The molecule has 0 aromatic heterocycles. The Balaban J connectivity index is 1.72. The fourth-order valence-electron chi connectivity index (χ4n) is 3.19. The molecule has 0 bridgehead atoms. The summed E-state index contributed by atoms with van der Waals surface area (Å²) in [7, 11) is 0. The van der Waals surface area contributed by atoms with Gasteiger partial charge in [-0.25, -0.2) is 8.78 Å². The van der Waals surface area contributed by atoms with Crippen LogP contribution in [0.2, 0.25) is 0 Å². The number of rotatable bonds is 2. The molecule has 1 unspecified atom stereocenters. The Hall–Kier alpha value is -1.49. The number of halogens is 2. The minimum absolute atomic E-state index is 0.344. The molecule has 1 aromatic rings. The summed E-state index contributed by atoms with van der Waals surface area (Å²) in [5, 5.41) is 0. The van der Waals surface area contributed by atoms with E-state index in [4.69, 9.17) is 0 Å². The van der Waals surface area contributed by atoms with E-state index in [2.05, 4.69) is 4.90 Å². The van der Waals surface area contributed by atoms with Gasteiger partial charge >= 0.3 is 0 Å². The van der Waals surface area contributed by atoms with Crippen LogP contribution in [-0.2, 0) is 0 Å². The summed E-state index contributed by atoms with van der Waals surface area (Å²) in [4.78, 5) is 16.2. The summed E-state index contributed by atoms with van der Waals surface area (Å²) < 4.78 is 27.3. The van der Waals surface area contributed by atoms with Gasteiger partial charge in [-0.05, 0) is 44.5 Å². The zero-order chi connectivity index (χ0) is 14.1. The van der Waals surface area contributed by atoms with Crippen molar-refractivity contribution in [3.8, 4) is 0 Å². The summed E-state index contributed by atoms with van der Waals surface area (Å²) >= 11 is 0. The van der Waals surface area contributed by atoms with Crippen molar-refractivity contribution in [3.05, 3.63) is 35.4 Å².